The van der Waals surface area contributed by atoms with Crippen LogP contribution >= 0.6 is 0 Å². The Morgan fingerprint density at radius 1 is 0.806 bits per heavy atom. The average molecular weight is 486 g/mol. The molecule has 0 saturated carbocycles. The van der Waals surface area contributed by atoms with Crippen molar-refractivity contribution in [2.75, 3.05) is 0 Å². The molecular formula is C31H39N3O2. The van der Waals surface area contributed by atoms with Crippen molar-refractivity contribution in [3.8, 4) is 17.2 Å². The van der Waals surface area contributed by atoms with Gasteiger partial charge in [-0.05, 0) is 63.6 Å². The number of phenolic OH excluding ortho intramolecular Hbond substituents is 2. The van der Waals surface area contributed by atoms with Gasteiger partial charge in [0.05, 0.1) is 0 Å². The van der Waals surface area contributed by atoms with Gasteiger partial charge in [0, 0.05) is 12.0 Å². The van der Waals surface area contributed by atoms with E-state index in [1.54, 1.807) is 4.80 Å². The lowest BCUT2D eigenvalue weighted by Crippen LogP contribution is -2.18. The molecule has 3 aromatic carbocycles. The molecule has 1 atom stereocenters. The molecule has 5 nitrogen and oxygen atoms in total. The van der Waals surface area contributed by atoms with Gasteiger partial charge < -0.3 is 10.2 Å². The van der Waals surface area contributed by atoms with Crippen molar-refractivity contribution in [2.45, 2.75) is 85.0 Å². The van der Waals surface area contributed by atoms with Crippen molar-refractivity contribution in [1.29, 1.82) is 0 Å². The van der Waals surface area contributed by atoms with E-state index in [1.807, 2.05) is 30.3 Å². The predicted octanol–water partition coefficient (Wildman–Crippen LogP) is 7.53. The summed E-state index contributed by atoms with van der Waals surface area (Å²) in [6.07, 6.45) is 1.52. The first-order chi connectivity index (χ1) is 16.8. The quantitative estimate of drug-likeness (QED) is 0.306. The first kappa shape index (κ1) is 25.7. The van der Waals surface area contributed by atoms with Crippen LogP contribution in [0.1, 0.15) is 95.5 Å². The van der Waals surface area contributed by atoms with E-state index in [4.69, 9.17) is 0 Å². The van der Waals surface area contributed by atoms with Crippen molar-refractivity contribution in [3.05, 3.63) is 76.3 Å². The van der Waals surface area contributed by atoms with E-state index in [0.29, 0.717) is 23.8 Å². The average Bonchev–Trinajstić information content (AvgIpc) is 3.23. The molecule has 1 unspecified atom stereocenters. The molecular weight excluding hydrogens is 446 g/mol. The summed E-state index contributed by atoms with van der Waals surface area (Å²) in [6.45, 7) is 17.1. The van der Waals surface area contributed by atoms with Crippen molar-refractivity contribution >= 4 is 11.0 Å². The van der Waals surface area contributed by atoms with Gasteiger partial charge in [0.2, 0.25) is 0 Å². The minimum absolute atomic E-state index is 0.185. The maximum atomic E-state index is 11.5. The van der Waals surface area contributed by atoms with Crippen LogP contribution < -0.4 is 0 Å². The number of benzene rings is 3. The predicted molar refractivity (Wildman–Crippen MR) is 148 cm³/mol. The molecule has 0 spiro atoms. The van der Waals surface area contributed by atoms with Crippen LogP contribution in [0.5, 0.6) is 11.5 Å². The molecule has 36 heavy (non-hydrogen) atoms. The maximum Gasteiger partial charge on any atom is 0.146 e. The molecule has 1 heterocycles. The Balaban J connectivity index is 1.89. The number of aromatic hydroxyl groups is 2. The minimum Gasteiger partial charge on any atom is -0.507 e. The van der Waals surface area contributed by atoms with Crippen LogP contribution in [0.25, 0.3) is 16.7 Å². The molecule has 1 aromatic heterocycles. The minimum atomic E-state index is -0.217. The number of phenols is 2. The highest BCUT2D eigenvalue weighted by Crippen LogP contribution is 2.41. The zero-order valence-corrected chi connectivity index (χ0v) is 22.8. The van der Waals surface area contributed by atoms with E-state index >= 15 is 0 Å². The van der Waals surface area contributed by atoms with Crippen molar-refractivity contribution in [2.24, 2.45) is 0 Å². The van der Waals surface area contributed by atoms with Gasteiger partial charge in [-0.15, -0.1) is 15.0 Å². The van der Waals surface area contributed by atoms with E-state index in [2.05, 4.69) is 83.8 Å². The smallest absolute Gasteiger partial charge is 0.146 e. The molecule has 2 N–H and O–H groups in total. The number of nitrogens with zero attached hydrogens (tertiary/aromatic N) is 3. The Morgan fingerprint density at radius 2 is 1.33 bits per heavy atom. The van der Waals surface area contributed by atoms with Gasteiger partial charge in [0.15, 0.2) is 0 Å². The number of hydrogen-bond acceptors (Lipinski definition) is 4. The highest BCUT2D eigenvalue weighted by atomic mass is 16.3. The Morgan fingerprint density at radius 3 is 1.81 bits per heavy atom. The number of aromatic nitrogens is 3. The second kappa shape index (κ2) is 9.27. The van der Waals surface area contributed by atoms with Crippen LogP contribution in [0.3, 0.4) is 0 Å². The fraction of sp³-hybridized carbons (Fsp3) is 0.419. The normalized spacial score (nSPS) is 13.3. The van der Waals surface area contributed by atoms with Gasteiger partial charge in [-0.3, -0.25) is 0 Å². The monoisotopic (exact) mass is 485 g/mol. The summed E-state index contributed by atoms with van der Waals surface area (Å²) in [6, 6.07) is 16.0. The van der Waals surface area contributed by atoms with Crippen LogP contribution in [0, 0.1) is 0 Å². The molecule has 4 rings (SSSR count). The van der Waals surface area contributed by atoms with E-state index in [0.717, 1.165) is 45.3 Å². The molecule has 190 valence electrons. The Bertz CT molecular complexity index is 1340. The summed E-state index contributed by atoms with van der Waals surface area (Å²) in [4.78, 5) is 1.55. The molecule has 0 saturated heterocycles. The second-order valence-corrected chi connectivity index (χ2v) is 12.1. The molecule has 0 amide bonds. The number of hydrogen-bond donors (Lipinski definition) is 2. The summed E-state index contributed by atoms with van der Waals surface area (Å²) in [5, 5.41) is 31.9. The standard InChI is InChI=1S/C31H39N3O2/c1-9-19(2)21-17-22(28(35)27(18-21)34-32-25-12-10-11-13-26(25)33-34)14-20-15-23(30(3,4)5)29(36)24(16-20)31(6,7)8/h10-13,15-19,35-36H,9,14H2,1-8H3. The van der Waals surface area contributed by atoms with Gasteiger partial charge in [0.1, 0.15) is 28.2 Å². The van der Waals surface area contributed by atoms with Gasteiger partial charge >= 0.3 is 0 Å². The largest absolute Gasteiger partial charge is 0.507 e. The van der Waals surface area contributed by atoms with E-state index in [1.165, 1.54) is 0 Å². The Kier molecular flexibility index (Phi) is 6.63. The van der Waals surface area contributed by atoms with Gasteiger partial charge in [-0.25, -0.2) is 0 Å². The van der Waals surface area contributed by atoms with Crippen molar-refractivity contribution in [1.82, 2.24) is 15.0 Å². The SMILES string of the molecule is CCC(C)c1cc(Cc2cc(C(C)(C)C)c(O)c(C(C)(C)C)c2)c(O)c(-n2nc3ccccc3n2)c1. The molecule has 0 fully saturated rings. The molecule has 0 aliphatic rings. The lowest BCUT2D eigenvalue weighted by molar-refractivity contribution is 0.422. The molecule has 0 radical (unpaired) electrons. The third-order valence-corrected chi connectivity index (χ3v) is 7.05. The lowest BCUT2D eigenvalue weighted by atomic mass is 9.78. The Hall–Kier alpha value is -3.34. The third kappa shape index (κ3) is 4.97. The first-order valence-corrected chi connectivity index (χ1v) is 12.8. The maximum absolute atomic E-state index is 11.5. The van der Waals surface area contributed by atoms with Gasteiger partial charge in [-0.1, -0.05) is 85.7 Å². The van der Waals surface area contributed by atoms with E-state index < -0.39 is 0 Å². The Labute approximate surface area is 214 Å². The van der Waals surface area contributed by atoms with Crippen LogP contribution in [0.2, 0.25) is 0 Å². The van der Waals surface area contributed by atoms with Crippen LogP contribution in [0.4, 0.5) is 0 Å². The summed E-state index contributed by atoms with van der Waals surface area (Å²) < 4.78 is 0. The topological polar surface area (TPSA) is 71.2 Å². The molecule has 0 bridgehead atoms. The summed E-state index contributed by atoms with van der Waals surface area (Å²) in [5.74, 6) is 0.873. The molecule has 0 aliphatic heterocycles. The van der Waals surface area contributed by atoms with Crippen molar-refractivity contribution in [3.63, 3.8) is 0 Å². The number of rotatable bonds is 5. The highest BCUT2D eigenvalue weighted by molar-refractivity contribution is 5.73. The fourth-order valence-corrected chi connectivity index (χ4v) is 4.64. The van der Waals surface area contributed by atoms with Crippen molar-refractivity contribution < 1.29 is 10.2 Å². The van der Waals surface area contributed by atoms with Crippen LogP contribution in [-0.2, 0) is 17.3 Å². The lowest BCUT2D eigenvalue weighted by Gasteiger charge is -2.28. The fourth-order valence-electron chi connectivity index (χ4n) is 4.64. The summed E-state index contributed by atoms with van der Waals surface area (Å²) in [7, 11) is 0. The molecule has 0 aliphatic carbocycles. The first-order valence-electron chi connectivity index (χ1n) is 12.8. The van der Waals surface area contributed by atoms with Gasteiger partial charge in [-0.2, -0.15) is 0 Å². The number of fused-ring (bicyclic) bond motifs is 1. The van der Waals surface area contributed by atoms with E-state index in [-0.39, 0.29) is 16.6 Å². The molecule has 4 aromatic rings. The third-order valence-electron chi connectivity index (χ3n) is 7.05. The second-order valence-electron chi connectivity index (χ2n) is 12.1. The van der Waals surface area contributed by atoms with Gasteiger partial charge in [0.25, 0.3) is 0 Å². The highest BCUT2D eigenvalue weighted by Gasteiger charge is 2.27. The summed E-state index contributed by atoms with van der Waals surface area (Å²) in [5.41, 5.74) is 6.60. The van der Waals surface area contributed by atoms with E-state index in [9.17, 15) is 10.2 Å². The summed E-state index contributed by atoms with van der Waals surface area (Å²) >= 11 is 0. The zero-order chi connectivity index (χ0) is 26.4. The van der Waals surface area contributed by atoms with Crippen LogP contribution in [-0.4, -0.2) is 25.2 Å². The zero-order valence-electron chi connectivity index (χ0n) is 22.8. The van der Waals surface area contributed by atoms with Crippen LogP contribution in [0.15, 0.2) is 48.5 Å². The molecule has 5 heteroatoms.